The van der Waals surface area contributed by atoms with Crippen LogP contribution in [0.15, 0.2) is 29.3 Å². The molecule has 0 bridgehead atoms. The summed E-state index contributed by atoms with van der Waals surface area (Å²) in [6, 6.07) is 8.99. The maximum Gasteiger partial charge on any atom is 0.194 e. The van der Waals surface area contributed by atoms with Crippen molar-refractivity contribution >= 4 is 5.96 Å². The van der Waals surface area contributed by atoms with Crippen molar-refractivity contribution < 1.29 is 9.47 Å². The summed E-state index contributed by atoms with van der Waals surface area (Å²) in [5, 5.41) is 3.49. The highest BCUT2D eigenvalue weighted by Crippen LogP contribution is 2.19. The number of nitrogens with one attached hydrogen (secondary N) is 1. The molecule has 180 valence electrons. The molecular formula is C26H44N4O2. The van der Waals surface area contributed by atoms with E-state index in [4.69, 9.17) is 14.5 Å². The fourth-order valence-electron chi connectivity index (χ4n) is 4.58. The normalized spacial score (nSPS) is 19.5. The minimum atomic E-state index is 0.362. The standard InChI is InChI=1S/C26H44N4O2/c1-4-27-26(30-15-11-25(12-16-30)32-18-6-17-31-3)28-20-23-7-5-8-24(19-23)21-29-13-9-22(2)10-14-29/h5,7-8,19,22,25H,4,6,9-18,20-21H2,1-3H3,(H,27,28). The Hall–Kier alpha value is -1.63. The average Bonchev–Trinajstić information content (AvgIpc) is 2.82. The van der Waals surface area contributed by atoms with Gasteiger partial charge in [0.15, 0.2) is 5.96 Å². The second-order valence-corrected chi connectivity index (χ2v) is 9.35. The van der Waals surface area contributed by atoms with Crippen LogP contribution in [-0.2, 0) is 22.6 Å². The van der Waals surface area contributed by atoms with Crippen molar-refractivity contribution in [1.82, 2.24) is 15.1 Å². The number of aliphatic imine (C=N–C) groups is 1. The molecule has 6 nitrogen and oxygen atoms in total. The molecule has 2 heterocycles. The second kappa shape index (κ2) is 13.8. The molecule has 1 aromatic carbocycles. The summed E-state index contributed by atoms with van der Waals surface area (Å²) in [4.78, 5) is 9.95. The molecule has 0 atom stereocenters. The van der Waals surface area contributed by atoms with Gasteiger partial charge in [-0.1, -0.05) is 31.2 Å². The Morgan fingerprint density at radius 1 is 1.06 bits per heavy atom. The molecule has 2 aliphatic rings. The maximum absolute atomic E-state index is 6.01. The van der Waals surface area contributed by atoms with Crippen LogP contribution in [0.25, 0.3) is 0 Å². The molecule has 0 spiro atoms. The van der Waals surface area contributed by atoms with Gasteiger partial charge in [0, 0.05) is 46.5 Å². The van der Waals surface area contributed by atoms with E-state index < -0.39 is 0 Å². The van der Waals surface area contributed by atoms with E-state index in [9.17, 15) is 0 Å². The highest BCUT2D eigenvalue weighted by molar-refractivity contribution is 5.80. The zero-order chi connectivity index (χ0) is 22.6. The number of ether oxygens (including phenoxy) is 2. The Morgan fingerprint density at radius 2 is 1.81 bits per heavy atom. The molecule has 0 aliphatic carbocycles. The van der Waals surface area contributed by atoms with E-state index in [-0.39, 0.29) is 0 Å². The SMILES string of the molecule is CCNC(=NCc1cccc(CN2CCC(C)CC2)c1)N1CCC(OCCCOC)CC1. The van der Waals surface area contributed by atoms with Crippen molar-refractivity contribution in [2.45, 2.75) is 65.1 Å². The smallest absolute Gasteiger partial charge is 0.194 e. The van der Waals surface area contributed by atoms with Crippen molar-refractivity contribution in [2.24, 2.45) is 10.9 Å². The zero-order valence-electron chi connectivity index (χ0n) is 20.5. The second-order valence-electron chi connectivity index (χ2n) is 9.35. The van der Waals surface area contributed by atoms with Gasteiger partial charge in [0.1, 0.15) is 0 Å². The van der Waals surface area contributed by atoms with Crippen molar-refractivity contribution in [3.8, 4) is 0 Å². The van der Waals surface area contributed by atoms with Crippen LogP contribution in [0.4, 0.5) is 0 Å². The maximum atomic E-state index is 6.01. The number of piperidine rings is 2. The Bertz CT molecular complexity index is 680. The van der Waals surface area contributed by atoms with Gasteiger partial charge < -0.3 is 19.7 Å². The predicted octanol–water partition coefficient (Wildman–Crippen LogP) is 3.90. The van der Waals surface area contributed by atoms with Gasteiger partial charge in [-0.2, -0.15) is 0 Å². The monoisotopic (exact) mass is 444 g/mol. The number of methoxy groups -OCH3 is 1. The molecule has 0 saturated carbocycles. The molecule has 1 aromatic rings. The van der Waals surface area contributed by atoms with Crippen LogP contribution in [0.5, 0.6) is 0 Å². The summed E-state index contributed by atoms with van der Waals surface area (Å²) in [7, 11) is 1.74. The molecule has 0 aromatic heterocycles. The number of guanidine groups is 1. The van der Waals surface area contributed by atoms with E-state index in [1.165, 1.54) is 37.1 Å². The lowest BCUT2D eigenvalue weighted by Gasteiger charge is -2.34. The quantitative estimate of drug-likeness (QED) is 0.337. The summed E-state index contributed by atoms with van der Waals surface area (Å²) in [6.07, 6.45) is 6.09. The third kappa shape index (κ3) is 8.38. The Kier molecular flexibility index (Phi) is 10.8. The lowest BCUT2D eigenvalue weighted by molar-refractivity contribution is 0.00990. The summed E-state index contributed by atoms with van der Waals surface area (Å²) in [6.45, 7) is 13.2. The summed E-state index contributed by atoms with van der Waals surface area (Å²) < 4.78 is 11.1. The number of hydrogen-bond acceptors (Lipinski definition) is 4. The Morgan fingerprint density at radius 3 is 2.53 bits per heavy atom. The van der Waals surface area contributed by atoms with Crippen LogP contribution in [0.1, 0.15) is 57.1 Å². The lowest BCUT2D eigenvalue weighted by Crippen LogP contribution is -2.47. The molecule has 2 saturated heterocycles. The molecule has 0 radical (unpaired) electrons. The van der Waals surface area contributed by atoms with Crippen molar-refractivity contribution in [3.63, 3.8) is 0 Å². The van der Waals surface area contributed by atoms with Gasteiger partial charge in [-0.25, -0.2) is 4.99 Å². The minimum absolute atomic E-state index is 0.362. The first-order valence-electron chi connectivity index (χ1n) is 12.6. The van der Waals surface area contributed by atoms with Gasteiger partial charge in [-0.15, -0.1) is 0 Å². The number of nitrogens with zero attached hydrogens (tertiary/aromatic N) is 3. The molecular weight excluding hydrogens is 400 g/mol. The van der Waals surface area contributed by atoms with E-state index >= 15 is 0 Å². The third-order valence-corrected chi connectivity index (χ3v) is 6.61. The molecule has 0 amide bonds. The van der Waals surface area contributed by atoms with E-state index in [1.54, 1.807) is 7.11 Å². The number of rotatable bonds is 10. The van der Waals surface area contributed by atoms with Crippen molar-refractivity contribution in [3.05, 3.63) is 35.4 Å². The molecule has 6 heteroatoms. The fraction of sp³-hybridized carbons (Fsp3) is 0.731. The first kappa shape index (κ1) is 25.0. The number of likely N-dealkylation sites (tertiary alicyclic amines) is 2. The predicted molar refractivity (Wildman–Crippen MR) is 132 cm³/mol. The molecule has 3 rings (SSSR count). The Balaban J connectivity index is 1.49. The topological polar surface area (TPSA) is 49.3 Å². The van der Waals surface area contributed by atoms with Crippen LogP contribution in [0.3, 0.4) is 0 Å². The first-order valence-corrected chi connectivity index (χ1v) is 12.6. The minimum Gasteiger partial charge on any atom is -0.385 e. The molecule has 32 heavy (non-hydrogen) atoms. The first-order chi connectivity index (χ1) is 15.7. The van der Waals surface area contributed by atoms with Crippen LogP contribution in [-0.4, -0.2) is 74.9 Å². The van der Waals surface area contributed by atoms with Gasteiger partial charge in [-0.3, -0.25) is 4.90 Å². The largest absolute Gasteiger partial charge is 0.385 e. The van der Waals surface area contributed by atoms with E-state index in [1.807, 2.05) is 0 Å². The van der Waals surface area contributed by atoms with Crippen LogP contribution < -0.4 is 5.32 Å². The molecule has 2 fully saturated rings. The number of hydrogen-bond donors (Lipinski definition) is 1. The molecule has 2 aliphatic heterocycles. The fourth-order valence-corrected chi connectivity index (χ4v) is 4.58. The van der Waals surface area contributed by atoms with Crippen molar-refractivity contribution in [2.75, 3.05) is 53.0 Å². The van der Waals surface area contributed by atoms with Gasteiger partial charge >= 0.3 is 0 Å². The third-order valence-electron chi connectivity index (χ3n) is 6.61. The van der Waals surface area contributed by atoms with Crippen LogP contribution in [0.2, 0.25) is 0 Å². The Labute approximate surface area is 195 Å². The van der Waals surface area contributed by atoms with Crippen molar-refractivity contribution in [1.29, 1.82) is 0 Å². The van der Waals surface area contributed by atoms with Gasteiger partial charge in [0.2, 0.25) is 0 Å². The van der Waals surface area contributed by atoms with E-state index in [0.29, 0.717) is 6.10 Å². The lowest BCUT2D eigenvalue weighted by atomic mass is 9.98. The van der Waals surface area contributed by atoms with Crippen LogP contribution >= 0.6 is 0 Å². The number of benzene rings is 1. The summed E-state index contributed by atoms with van der Waals surface area (Å²) in [5.41, 5.74) is 2.70. The van der Waals surface area contributed by atoms with Gasteiger partial charge in [0.25, 0.3) is 0 Å². The van der Waals surface area contributed by atoms with E-state index in [2.05, 4.69) is 53.2 Å². The zero-order valence-corrected chi connectivity index (χ0v) is 20.5. The van der Waals surface area contributed by atoms with Gasteiger partial charge in [0.05, 0.1) is 12.6 Å². The molecule has 1 N–H and O–H groups in total. The summed E-state index contributed by atoms with van der Waals surface area (Å²) >= 11 is 0. The average molecular weight is 445 g/mol. The summed E-state index contributed by atoms with van der Waals surface area (Å²) in [5.74, 6) is 1.91. The van der Waals surface area contributed by atoms with Gasteiger partial charge in [-0.05, 0) is 69.2 Å². The highest BCUT2D eigenvalue weighted by Gasteiger charge is 2.22. The molecule has 0 unspecified atom stereocenters. The van der Waals surface area contributed by atoms with E-state index in [0.717, 1.165) is 77.1 Å². The van der Waals surface area contributed by atoms with Crippen LogP contribution in [0, 0.1) is 5.92 Å². The highest BCUT2D eigenvalue weighted by atomic mass is 16.5.